The molecule has 1 fully saturated rings. The molecule has 5 nitrogen and oxygen atoms in total. The summed E-state index contributed by atoms with van der Waals surface area (Å²) in [4.78, 5) is 21.4. The lowest BCUT2D eigenvalue weighted by Gasteiger charge is -2.38. The fourth-order valence-electron chi connectivity index (χ4n) is 2.66. The maximum absolute atomic E-state index is 12.5. The highest BCUT2D eigenvalue weighted by molar-refractivity contribution is 6.31. The molecule has 4 rings (SSSR count). The number of nitrogens with one attached hydrogen (secondary N) is 1. The maximum Gasteiger partial charge on any atom is 0.254 e. The number of aromatic nitrogens is 2. The minimum atomic E-state index is -0.0673. The van der Waals surface area contributed by atoms with E-state index in [-0.39, 0.29) is 12.0 Å². The van der Waals surface area contributed by atoms with E-state index in [0.29, 0.717) is 29.6 Å². The average molecular weight is 328 g/mol. The number of pyridine rings is 1. The standard InChI is InChI=1S/C17H14ClN3O2/c18-14-2-1-6-20-16(14)23-13-9-21(10-13)17(22)12-3-4-15-11(8-12)5-7-19-15/h1-8,13,19H,9-10H2. The van der Waals surface area contributed by atoms with Gasteiger partial charge in [0.2, 0.25) is 5.88 Å². The SMILES string of the molecule is O=C(c1ccc2[nH]ccc2c1)N1CC(Oc2ncccc2Cl)C1. The van der Waals surface area contributed by atoms with Crippen molar-refractivity contribution in [1.82, 2.24) is 14.9 Å². The van der Waals surface area contributed by atoms with Crippen molar-refractivity contribution >= 4 is 28.4 Å². The minimum absolute atomic E-state index is 0.0140. The lowest BCUT2D eigenvalue weighted by Crippen LogP contribution is -2.56. The third-order valence-electron chi connectivity index (χ3n) is 3.94. The first-order chi connectivity index (χ1) is 11.2. The highest BCUT2D eigenvalue weighted by atomic mass is 35.5. The molecule has 1 amide bonds. The third kappa shape index (κ3) is 2.64. The molecule has 0 aliphatic carbocycles. The Hall–Kier alpha value is -2.53. The number of rotatable bonds is 3. The van der Waals surface area contributed by atoms with E-state index in [0.717, 1.165) is 10.9 Å². The second-order valence-corrected chi connectivity index (χ2v) is 5.93. The molecule has 1 aromatic carbocycles. The van der Waals surface area contributed by atoms with Crippen molar-refractivity contribution in [2.45, 2.75) is 6.10 Å². The van der Waals surface area contributed by atoms with E-state index in [1.54, 1.807) is 23.2 Å². The highest BCUT2D eigenvalue weighted by Gasteiger charge is 2.33. The van der Waals surface area contributed by atoms with E-state index >= 15 is 0 Å². The number of halogens is 1. The topological polar surface area (TPSA) is 58.2 Å². The van der Waals surface area contributed by atoms with Crippen LogP contribution in [0, 0.1) is 0 Å². The number of amides is 1. The van der Waals surface area contributed by atoms with Gasteiger partial charge < -0.3 is 14.6 Å². The van der Waals surface area contributed by atoms with Crippen molar-refractivity contribution < 1.29 is 9.53 Å². The van der Waals surface area contributed by atoms with Crippen LogP contribution in [0.2, 0.25) is 5.02 Å². The van der Waals surface area contributed by atoms with E-state index in [4.69, 9.17) is 16.3 Å². The van der Waals surface area contributed by atoms with Crippen molar-refractivity contribution in [1.29, 1.82) is 0 Å². The number of hydrogen-bond acceptors (Lipinski definition) is 3. The molecule has 0 bridgehead atoms. The molecule has 0 saturated carbocycles. The summed E-state index contributed by atoms with van der Waals surface area (Å²) in [6.07, 6.45) is 3.43. The van der Waals surface area contributed by atoms with Crippen LogP contribution in [0.4, 0.5) is 0 Å². The molecule has 23 heavy (non-hydrogen) atoms. The van der Waals surface area contributed by atoms with E-state index in [9.17, 15) is 4.79 Å². The molecule has 3 heterocycles. The van der Waals surface area contributed by atoms with Crippen LogP contribution in [0.15, 0.2) is 48.8 Å². The third-order valence-corrected chi connectivity index (χ3v) is 4.23. The second-order valence-electron chi connectivity index (χ2n) is 5.52. The van der Waals surface area contributed by atoms with Crippen LogP contribution in [-0.4, -0.2) is 40.0 Å². The smallest absolute Gasteiger partial charge is 0.254 e. The number of nitrogens with zero attached hydrogens (tertiary/aromatic N) is 2. The molecule has 1 aliphatic rings. The quantitative estimate of drug-likeness (QED) is 0.804. The van der Waals surface area contributed by atoms with Crippen LogP contribution in [-0.2, 0) is 0 Å². The van der Waals surface area contributed by atoms with Crippen LogP contribution in [0.3, 0.4) is 0 Å². The van der Waals surface area contributed by atoms with Crippen LogP contribution in [0.5, 0.6) is 5.88 Å². The van der Waals surface area contributed by atoms with Gasteiger partial charge >= 0.3 is 0 Å². The predicted molar refractivity (Wildman–Crippen MR) is 87.9 cm³/mol. The Morgan fingerprint density at radius 1 is 1.30 bits per heavy atom. The Balaban J connectivity index is 1.41. The van der Waals surface area contributed by atoms with E-state index < -0.39 is 0 Å². The van der Waals surface area contributed by atoms with Gasteiger partial charge in [-0.2, -0.15) is 0 Å². The zero-order chi connectivity index (χ0) is 15.8. The Bertz CT molecular complexity index is 871. The van der Waals surface area contributed by atoms with Crippen LogP contribution < -0.4 is 4.74 Å². The number of H-pyrrole nitrogens is 1. The van der Waals surface area contributed by atoms with Gasteiger partial charge in [-0.05, 0) is 36.4 Å². The first kappa shape index (κ1) is 14.1. The zero-order valence-corrected chi connectivity index (χ0v) is 13.0. The van der Waals surface area contributed by atoms with Gasteiger partial charge in [-0.1, -0.05) is 11.6 Å². The molecule has 0 atom stereocenters. The molecule has 0 spiro atoms. The molecule has 0 radical (unpaired) electrons. The fraction of sp³-hybridized carbons (Fsp3) is 0.176. The van der Waals surface area contributed by atoms with Gasteiger partial charge in [0.1, 0.15) is 11.1 Å². The first-order valence-electron chi connectivity index (χ1n) is 7.34. The van der Waals surface area contributed by atoms with E-state index in [2.05, 4.69) is 9.97 Å². The highest BCUT2D eigenvalue weighted by Crippen LogP contribution is 2.25. The van der Waals surface area contributed by atoms with E-state index in [1.165, 1.54) is 0 Å². The van der Waals surface area contributed by atoms with Crippen molar-refractivity contribution in [3.63, 3.8) is 0 Å². The molecule has 0 unspecified atom stereocenters. The molecule has 1 N–H and O–H groups in total. The predicted octanol–water partition coefficient (Wildman–Crippen LogP) is 3.12. The molecule has 2 aromatic heterocycles. The molecule has 1 aliphatic heterocycles. The lowest BCUT2D eigenvalue weighted by molar-refractivity contribution is 0.0161. The molecule has 6 heteroatoms. The maximum atomic E-state index is 12.5. The number of likely N-dealkylation sites (tertiary alicyclic amines) is 1. The summed E-state index contributed by atoms with van der Waals surface area (Å²) in [5.74, 6) is 0.431. The first-order valence-corrected chi connectivity index (χ1v) is 7.72. The number of hydrogen-bond donors (Lipinski definition) is 1. The number of carbonyl (C=O) groups is 1. The Morgan fingerprint density at radius 2 is 2.17 bits per heavy atom. The summed E-state index contributed by atoms with van der Waals surface area (Å²) in [6.45, 7) is 1.08. The lowest BCUT2D eigenvalue weighted by atomic mass is 10.1. The molecule has 3 aromatic rings. The van der Waals surface area contributed by atoms with Gasteiger partial charge in [-0.15, -0.1) is 0 Å². The Morgan fingerprint density at radius 3 is 3.00 bits per heavy atom. The normalized spacial score (nSPS) is 14.7. The molecule has 1 saturated heterocycles. The van der Waals surface area contributed by atoms with Gasteiger partial charge in [-0.25, -0.2) is 4.98 Å². The minimum Gasteiger partial charge on any atom is -0.470 e. The number of aromatic amines is 1. The Labute approximate surface area is 137 Å². The van der Waals surface area contributed by atoms with Crippen molar-refractivity contribution in [2.24, 2.45) is 0 Å². The number of carbonyl (C=O) groups excluding carboxylic acids is 1. The Kier molecular flexibility index (Phi) is 3.42. The zero-order valence-electron chi connectivity index (χ0n) is 12.2. The number of benzene rings is 1. The summed E-state index contributed by atoms with van der Waals surface area (Å²) in [6, 6.07) is 11.1. The fourth-order valence-corrected chi connectivity index (χ4v) is 2.83. The summed E-state index contributed by atoms with van der Waals surface area (Å²) >= 11 is 6.02. The van der Waals surface area contributed by atoms with Gasteiger partial charge in [-0.3, -0.25) is 4.79 Å². The molecular formula is C17H14ClN3O2. The van der Waals surface area contributed by atoms with Gasteiger partial charge in [0, 0.05) is 28.9 Å². The van der Waals surface area contributed by atoms with Crippen LogP contribution in [0.1, 0.15) is 10.4 Å². The number of fused-ring (bicyclic) bond motifs is 1. The van der Waals surface area contributed by atoms with Crippen LogP contribution in [0.25, 0.3) is 10.9 Å². The summed E-state index contributed by atoms with van der Waals surface area (Å²) in [5.41, 5.74) is 1.71. The van der Waals surface area contributed by atoms with Crippen molar-refractivity contribution in [3.05, 3.63) is 59.4 Å². The molecule has 116 valence electrons. The number of ether oxygens (including phenoxy) is 1. The summed E-state index contributed by atoms with van der Waals surface area (Å²) in [7, 11) is 0. The van der Waals surface area contributed by atoms with Crippen molar-refractivity contribution in [3.8, 4) is 5.88 Å². The average Bonchev–Trinajstić information content (AvgIpc) is 2.99. The van der Waals surface area contributed by atoms with Gasteiger partial charge in [0.25, 0.3) is 5.91 Å². The second kappa shape index (κ2) is 5.59. The summed E-state index contributed by atoms with van der Waals surface area (Å²) in [5, 5.41) is 1.51. The van der Waals surface area contributed by atoms with Gasteiger partial charge in [0.05, 0.1) is 13.1 Å². The molecular weight excluding hydrogens is 314 g/mol. The largest absolute Gasteiger partial charge is 0.470 e. The summed E-state index contributed by atoms with van der Waals surface area (Å²) < 4.78 is 5.71. The van der Waals surface area contributed by atoms with E-state index in [1.807, 2.05) is 30.5 Å². The van der Waals surface area contributed by atoms with Crippen LogP contribution >= 0.6 is 11.6 Å². The van der Waals surface area contributed by atoms with Gasteiger partial charge in [0.15, 0.2) is 0 Å². The monoisotopic (exact) mass is 327 g/mol. The van der Waals surface area contributed by atoms with Crippen molar-refractivity contribution in [2.75, 3.05) is 13.1 Å².